The molecule has 4 rings (SSSR count). The molecule has 0 fully saturated rings. The molecule has 0 spiro atoms. The van der Waals surface area contributed by atoms with Gasteiger partial charge in [-0.25, -0.2) is 18.4 Å². The van der Waals surface area contributed by atoms with E-state index in [0.29, 0.717) is 23.3 Å². The van der Waals surface area contributed by atoms with Crippen LogP contribution in [0.15, 0.2) is 65.8 Å². The van der Waals surface area contributed by atoms with Gasteiger partial charge in [0.2, 0.25) is 0 Å². The van der Waals surface area contributed by atoms with Gasteiger partial charge in [-0.15, -0.1) is 0 Å². The molecule has 4 aromatic rings. The summed E-state index contributed by atoms with van der Waals surface area (Å²) in [4.78, 5) is 29.0. The third kappa shape index (κ3) is 4.97. The van der Waals surface area contributed by atoms with Crippen molar-refractivity contribution >= 4 is 16.9 Å². The van der Waals surface area contributed by atoms with E-state index in [2.05, 4.69) is 15.4 Å². The van der Waals surface area contributed by atoms with E-state index in [1.165, 1.54) is 58.2 Å². The van der Waals surface area contributed by atoms with Crippen molar-refractivity contribution in [3.63, 3.8) is 0 Å². The predicted molar refractivity (Wildman–Crippen MR) is 112 cm³/mol. The van der Waals surface area contributed by atoms with Crippen LogP contribution in [0.5, 0.6) is 5.75 Å². The van der Waals surface area contributed by atoms with Gasteiger partial charge in [-0.3, -0.25) is 14.2 Å². The van der Waals surface area contributed by atoms with E-state index in [4.69, 9.17) is 4.74 Å². The van der Waals surface area contributed by atoms with E-state index in [-0.39, 0.29) is 42.8 Å². The number of amides is 1. The summed E-state index contributed by atoms with van der Waals surface area (Å²) in [5.74, 6) is -0.685. The summed E-state index contributed by atoms with van der Waals surface area (Å²) < 4.78 is 34.2. The van der Waals surface area contributed by atoms with Gasteiger partial charge >= 0.3 is 0 Å². The van der Waals surface area contributed by atoms with Crippen LogP contribution >= 0.6 is 0 Å². The Morgan fingerprint density at radius 3 is 2.44 bits per heavy atom. The molecule has 2 aromatic carbocycles. The summed E-state index contributed by atoms with van der Waals surface area (Å²) in [6.07, 6.45) is 2.85. The minimum absolute atomic E-state index is 0.210. The van der Waals surface area contributed by atoms with Gasteiger partial charge in [0.05, 0.1) is 19.3 Å². The largest absolute Gasteiger partial charge is 0.484 e. The van der Waals surface area contributed by atoms with Crippen LogP contribution in [0.25, 0.3) is 11.0 Å². The van der Waals surface area contributed by atoms with E-state index in [9.17, 15) is 18.4 Å². The summed E-state index contributed by atoms with van der Waals surface area (Å²) in [6, 6.07) is 11.3. The Balaban J connectivity index is 1.34. The molecule has 0 aliphatic rings. The molecule has 0 aliphatic carbocycles. The maximum Gasteiger partial charge on any atom is 0.264 e. The molecule has 1 amide bonds. The van der Waals surface area contributed by atoms with E-state index in [1.54, 1.807) is 12.1 Å². The Morgan fingerprint density at radius 1 is 1.03 bits per heavy atom. The minimum atomic E-state index is -0.385. The molecule has 0 saturated heterocycles. The third-order valence-corrected chi connectivity index (χ3v) is 4.72. The zero-order valence-corrected chi connectivity index (χ0v) is 16.9. The van der Waals surface area contributed by atoms with Crippen LogP contribution in [0, 0.1) is 11.6 Å². The number of benzene rings is 2. The highest BCUT2D eigenvalue weighted by Gasteiger charge is 2.11. The molecule has 1 N–H and O–H groups in total. The molecular formula is C22H19F2N5O3. The molecule has 0 unspecified atom stereocenters. The lowest BCUT2D eigenvalue weighted by atomic mass is 10.2. The molecule has 2 aromatic heterocycles. The molecule has 10 heteroatoms. The number of nitrogens with one attached hydrogen (secondary N) is 1. The fourth-order valence-corrected chi connectivity index (χ4v) is 3.09. The number of carbonyl (C=O) groups is 1. The first-order chi connectivity index (χ1) is 15.5. The number of nitrogens with zero attached hydrogens (tertiary/aromatic N) is 4. The molecule has 0 saturated carbocycles. The highest BCUT2D eigenvalue weighted by molar-refractivity contribution is 5.77. The zero-order valence-electron chi connectivity index (χ0n) is 16.9. The highest BCUT2D eigenvalue weighted by atomic mass is 19.1. The summed E-state index contributed by atoms with van der Waals surface area (Å²) in [5, 5.41) is 7.23. The van der Waals surface area contributed by atoms with Crippen LogP contribution in [-0.4, -0.2) is 38.4 Å². The maximum absolute atomic E-state index is 13.1. The third-order valence-electron chi connectivity index (χ3n) is 4.72. The number of carbonyl (C=O) groups excluding carboxylic acids is 1. The van der Waals surface area contributed by atoms with Crippen LogP contribution in [0.2, 0.25) is 0 Å². The van der Waals surface area contributed by atoms with Crippen LogP contribution in [-0.2, 0) is 17.9 Å². The second-order valence-corrected chi connectivity index (χ2v) is 7.00. The molecule has 32 heavy (non-hydrogen) atoms. The molecule has 0 radical (unpaired) electrons. The molecule has 8 nitrogen and oxygen atoms in total. The first kappa shape index (κ1) is 21.2. The van der Waals surface area contributed by atoms with E-state index in [1.807, 2.05) is 0 Å². The SMILES string of the molecule is O=C(COc1ccc(F)cc1)NCCn1ncc2c(=O)n(Cc3ccc(F)cc3)cnc21. The number of rotatable bonds is 8. The Labute approximate surface area is 181 Å². The molecule has 0 aliphatic heterocycles. The molecule has 2 heterocycles. The number of hydrogen-bond donors (Lipinski definition) is 1. The topological polar surface area (TPSA) is 91.0 Å². The standard InChI is InChI=1S/C22H19F2N5O3/c23-16-3-1-15(2-4-16)12-28-14-26-21-19(22(28)31)11-27-29(21)10-9-25-20(30)13-32-18-7-5-17(24)6-8-18/h1-8,11,14H,9-10,12-13H2,(H,25,30). The van der Waals surface area contributed by atoms with Crippen molar-refractivity contribution in [1.29, 1.82) is 0 Å². The quantitative estimate of drug-likeness (QED) is 0.454. The monoisotopic (exact) mass is 439 g/mol. The first-order valence-corrected chi connectivity index (χ1v) is 9.80. The van der Waals surface area contributed by atoms with Crippen LogP contribution < -0.4 is 15.6 Å². The average molecular weight is 439 g/mol. The fraction of sp³-hybridized carbons (Fsp3) is 0.182. The minimum Gasteiger partial charge on any atom is -0.484 e. The summed E-state index contributed by atoms with van der Waals surface area (Å²) in [6.45, 7) is 0.609. The van der Waals surface area contributed by atoms with Crippen molar-refractivity contribution in [3.05, 3.63) is 88.6 Å². The summed E-state index contributed by atoms with van der Waals surface area (Å²) >= 11 is 0. The number of fused-ring (bicyclic) bond motifs is 1. The highest BCUT2D eigenvalue weighted by Crippen LogP contribution is 2.11. The predicted octanol–water partition coefficient (Wildman–Crippen LogP) is 2.11. The molecule has 0 atom stereocenters. The molecular weight excluding hydrogens is 420 g/mol. The van der Waals surface area contributed by atoms with Gasteiger partial charge in [-0.1, -0.05) is 12.1 Å². The Hall–Kier alpha value is -4.08. The summed E-state index contributed by atoms with van der Waals surface area (Å²) in [5.41, 5.74) is 0.914. The Kier molecular flexibility index (Phi) is 6.20. The van der Waals surface area contributed by atoms with Crippen molar-refractivity contribution in [2.24, 2.45) is 0 Å². The van der Waals surface area contributed by atoms with Gasteiger partial charge in [0, 0.05) is 6.54 Å². The lowest BCUT2D eigenvalue weighted by Gasteiger charge is -2.08. The van der Waals surface area contributed by atoms with Gasteiger partial charge in [0.15, 0.2) is 12.3 Å². The molecule has 164 valence electrons. The van der Waals surface area contributed by atoms with Gasteiger partial charge in [0.1, 0.15) is 29.1 Å². The van der Waals surface area contributed by atoms with E-state index >= 15 is 0 Å². The number of halogens is 2. The maximum atomic E-state index is 13.1. The van der Waals surface area contributed by atoms with Crippen LogP contribution in [0.3, 0.4) is 0 Å². The van der Waals surface area contributed by atoms with E-state index in [0.717, 1.165) is 5.56 Å². The number of aromatic nitrogens is 4. The van der Waals surface area contributed by atoms with E-state index < -0.39 is 0 Å². The zero-order chi connectivity index (χ0) is 22.5. The van der Waals surface area contributed by atoms with Gasteiger partial charge in [0.25, 0.3) is 11.5 Å². The summed E-state index contributed by atoms with van der Waals surface area (Å²) in [7, 11) is 0. The van der Waals surface area contributed by atoms with Crippen molar-refractivity contribution in [2.45, 2.75) is 13.1 Å². The lowest BCUT2D eigenvalue weighted by Crippen LogP contribution is -2.31. The van der Waals surface area contributed by atoms with Gasteiger partial charge < -0.3 is 10.1 Å². The van der Waals surface area contributed by atoms with Crippen molar-refractivity contribution in [1.82, 2.24) is 24.6 Å². The normalized spacial score (nSPS) is 10.9. The average Bonchev–Trinajstić information content (AvgIpc) is 3.20. The second-order valence-electron chi connectivity index (χ2n) is 7.00. The lowest BCUT2D eigenvalue weighted by molar-refractivity contribution is -0.123. The number of ether oxygens (including phenoxy) is 1. The smallest absolute Gasteiger partial charge is 0.264 e. The van der Waals surface area contributed by atoms with Crippen molar-refractivity contribution in [3.8, 4) is 5.75 Å². The molecule has 0 bridgehead atoms. The van der Waals surface area contributed by atoms with Crippen molar-refractivity contribution < 1.29 is 18.3 Å². The van der Waals surface area contributed by atoms with Crippen LogP contribution in [0.4, 0.5) is 8.78 Å². The second kappa shape index (κ2) is 9.38. The Bertz CT molecular complexity index is 1280. The first-order valence-electron chi connectivity index (χ1n) is 9.80. The van der Waals surface area contributed by atoms with Gasteiger partial charge in [-0.05, 0) is 42.0 Å². The van der Waals surface area contributed by atoms with Gasteiger partial charge in [-0.2, -0.15) is 5.10 Å². The van der Waals surface area contributed by atoms with Crippen LogP contribution in [0.1, 0.15) is 5.56 Å². The number of hydrogen-bond acceptors (Lipinski definition) is 5. The van der Waals surface area contributed by atoms with Crippen molar-refractivity contribution in [2.75, 3.05) is 13.2 Å². The fourth-order valence-electron chi connectivity index (χ4n) is 3.09. The Morgan fingerprint density at radius 2 is 1.72 bits per heavy atom.